The van der Waals surface area contributed by atoms with Crippen molar-refractivity contribution < 1.29 is 28.6 Å². The molecule has 0 N–H and O–H groups in total. The minimum atomic E-state index is -0.797. The molecule has 1 unspecified atom stereocenters. The summed E-state index contributed by atoms with van der Waals surface area (Å²) in [6, 6.07) is 0. The predicted molar refractivity (Wildman–Crippen MR) is 288 cm³/mol. The van der Waals surface area contributed by atoms with Gasteiger partial charge >= 0.3 is 17.9 Å². The van der Waals surface area contributed by atoms with Crippen LogP contribution in [0.4, 0.5) is 0 Å². The molecule has 0 aliphatic heterocycles. The van der Waals surface area contributed by atoms with Crippen molar-refractivity contribution in [2.24, 2.45) is 0 Å². The van der Waals surface area contributed by atoms with Crippen molar-refractivity contribution in [2.45, 2.75) is 245 Å². The summed E-state index contributed by atoms with van der Waals surface area (Å²) in [6.45, 7) is 6.42. The highest BCUT2D eigenvalue weighted by molar-refractivity contribution is 5.71. The molecule has 0 spiro atoms. The van der Waals surface area contributed by atoms with Gasteiger partial charge in [0.1, 0.15) is 13.2 Å². The maximum absolute atomic E-state index is 12.7. The monoisotopic (exact) mass is 929 g/mol. The van der Waals surface area contributed by atoms with Crippen molar-refractivity contribution in [3.8, 4) is 0 Å². The molecule has 0 aromatic rings. The first kappa shape index (κ1) is 63.1. The van der Waals surface area contributed by atoms with Crippen LogP contribution in [0.3, 0.4) is 0 Å². The molecule has 0 aliphatic carbocycles. The molecule has 0 saturated heterocycles. The van der Waals surface area contributed by atoms with Crippen LogP contribution in [-0.2, 0) is 28.6 Å². The van der Waals surface area contributed by atoms with Crippen LogP contribution >= 0.6 is 0 Å². The van der Waals surface area contributed by atoms with Crippen LogP contribution in [-0.4, -0.2) is 37.2 Å². The van der Waals surface area contributed by atoms with Crippen molar-refractivity contribution in [1.29, 1.82) is 0 Å². The van der Waals surface area contributed by atoms with E-state index >= 15 is 0 Å². The molecule has 0 amide bonds. The molecular formula is C61H100O6. The van der Waals surface area contributed by atoms with Crippen molar-refractivity contribution >= 4 is 17.9 Å². The van der Waals surface area contributed by atoms with E-state index < -0.39 is 6.10 Å². The van der Waals surface area contributed by atoms with Gasteiger partial charge in [-0.05, 0) is 83.5 Å². The van der Waals surface area contributed by atoms with Crippen molar-refractivity contribution in [1.82, 2.24) is 0 Å². The number of hydrogen-bond donors (Lipinski definition) is 0. The van der Waals surface area contributed by atoms with Crippen molar-refractivity contribution in [3.63, 3.8) is 0 Å². The second-order valence-electron chi connectivity index (χ2n) is 17.8. The molecule has 0 rings (SSSR count). The summed E-state index contributed by atoms with van der Waals surface area (Å²) in [7, 11) is 0. The summed E-state index contributed by atoms with van der Waals surface area (Å²) in [5.74, 6) is -0.966. The molecule has 0 fully saturated rings. The summed E-state index contributed by atoms with van der Waals surface area (Å²) in [6.07, 6.45) is 73.9. The summed E-state index contributed by atoms with van der Waals surface area (Å²) < 4.78 is 16.7. The van der Waals surface area contributed by atoms with Gasteiger partial charge in [-0.15, -0.1) is 0 Å². The highest BCUT2D eigenvalue weighted by Gasteiger charge is 2.19. The second kappa shape index (κ2) is 54.7. The zero-order chi connectivity index (χ0) is 48.6. The molecule has 380 valence electrons. The summed E-state index contributed by atoms with van der Waals surface area (Å²) in [5.41, 5.74) is 0. The highest BCUT2D eigenvalue weighted by Crippen LogP contribution is 2.14. The zero-order valence-electron chi connectivity index (χ0n) is 43.4. The molecule has 67 heavy (non-hydrogen) atoms. The second-order valence-corrected chi connectivity index (χ2v) is 17.8. The number of hydrogen-bond acceptors (Lipinski definition) is 6. The molecule has 0 aliphatic rings. The fourth-order valence-corrected chi connectivity index (χ4v) is 7.21. The summed E-state index contributed by atoms with van der Waals surface area (Å²) in [4.78, 5) is 37.8. The molecular weight excluding hydrogens is 829 g/mol. The van der Waals surface area contributed by atoms with Gasteiger partial charge in [0.2, 0.25) is 0 Å². The van der Waals surface area contributed by atoms with Crippen LogP contribution in [0.1, 0.15) is 239 Å². The first-order valence-electron chi connectivity index (χ1n) is 27.4. The van der Waals surface area contributed by atoms with Gasteiger partial charge in [0.15, 0.2) is 6.10 Å². The van der Waals surface area contributed by atoms with E-state index in [0.29, 0.717) is 19.3 Å². The number of allylic oxidation sites excluding steroid dienone is 18. The van der Waals surface area contributed by atoms with Gasteiger partial charge in [-0.3, -0.25) is 14.4 Å². The molecule has 0 bridgehead atoms. The van der Waals surface area contributed by atoms with E-state index in [2.05, 4.69) is 130 Å². The normalized spacial score (nSPS) is 12.9. The number of rotatable bonds is 48. The van der Waals surface area contributed by atoms with Gasteiger partial charge in [-0.1, -0.05) is 246 Å². The van der Waals surface area contributed by atoms with E-state index in [9.17, 15) is 14.4 Å². The Bertz CT molecular complexity index is 1390. The fraction of sp³-hybridized carbons (Fsp3) is 0.656. The van der Waals surface area contributed by atoms with Crippen molar-refractivity contribution in [3.05, 3.63) is 109 Å². The van der Waals surface area contributed by atoms with Crippen LogP contribution < -0.4 is 0 Å². The van der Waals surface area contributed by atoms with Gasteiger partial charge in [0.05, 0.1) is 0 Å². The third kappa shape index (κ3) is 52.9. The van der Waals surface area contributed by atoms with Gasteiger partial charge in [-0.2, -0.15) is 0 Å². The van der Waals surface area contributed by atoms with Gasteiger partial charge in [-0.25, -0.2) is 0 Å². The fourth-order valence-electron chi connectivity index (χ4n) is 7.21. The van der Waals surface area contributed by atoms with Gasteiger partial charge in [0.25, 0.3) is 0 Å². The van der Waals surface area contributed by atoms with Crippen LogP contribution in [0.2, 0.25) is 0 Å². The Morgan fingerprint density at radius 3 is 0.910 bits per heavy atom. The largest absolute Gasteiger partial charge is 0.462 e. The Morgan fingerprint density at radius 1 is 0.313 bits per heavy atom. The Hall–Kier alpha value is -3.93. The quantitative estimate of drug-likeness (QED) is 0.0262. The molecule has 0 radical (unpaired) electrons. The molecule has 0 aromatic heterocycles. The number of carbonyl (C=O) groups is 3. The first-order chi connectivity index (χ1) is 33.0. The molecule has 0 aromatic carbocycles. The Labute approximate surface area is 412 Å². The molecule has 0 saturated carbocycles. The van der Waals surface area contributed by atoms with E-state index in [1.165, 1.54) is 89.9 Å². The lowest BCUT2D eigenvalue weighted by Gasteiger charge is -2.18. The maximum atomic E-state index is 12.7. The summed E-state index contributed by atoms with van der Waals surface area (Å²) in [5, 5.41) is 0. The average Bonchev–Trinajstić information content (AvgIpc) is 3.33. The predicted octanol–water partition coefficient (Wildman–Crippen LogP) is 18.3. The van der Waals surface area contributed by atoms with Gasteiger partial charge in [0, 0.05) is 19.3 Å². The summed E-state index contributed by atoms with van der Waals surface area (Å²) >= 11 is 0. The van der Waals surface area contributed by atoms with E-state index in [-0.39, 0.29) is 37.5 Å². The Morgan fingerprint density at radius 2 is 0.582 bits per heavy atom. The van der Waals surface area contributed by atoms with E-state index in [4.69, 9.17) is 14.2 Å². The minimum absolute atomic E-state index is 0.0948. The molecule has 1 atom stereocenters. The smallest absolute Gasteiger partial charge is 0.306 e. The lowest BCUT2D eigenvalue weighted by Crippen LogP contribution is -2.30. The van der Waals surface area contributed by atoms with E-state index in [1.54, 1.807) is 0 Å². The number of esters is 3. The maximum Gasteiger partial charge on any atom is 0.306 e. The Balaban J connectivity index is 4.29. The Kier molecular flexibility index (Phi) is 51.5. The van der Waals surface area contributed by atoms with Crippen molar-refractivity contribution in [2.75, 3.05) is 13.2 Å². The topological polar surface area (TPSA) is 78.9 Å². The minimum Gasteiger partial charge on any atom is -0.462 e. The number of carbonyl (C=O) groups excluding carboxylic acids is 3. The lowest BCUT2D eigenvalue weighted by molar-refractivity contribution is -0.167. The van der Waals surface area contributed by atoms with Crippen LogP contribution in [0.25, 0.3) is 0 Å². The average molecular weight is 929 g/mol. The van der Waals surface area contributed by atoms with E-state index in [1.807, 2.05) is 0 Å². The lowest BCUT2D eigenvalue weighted by atomic mass is 10.0. The zero-order valence-corrected chi connectivity index (χ0v) is 43.4. The third-order valence-corrected chi connectivity index (χ3v) is 11.3. The van der Waals surface area contributed by atoms with Gasteiger partial charge < -0.3 is 14.2 Å². The standard InChI is InChI=1S/C61H100O6/c1-4-7-10-13-16-18-20-22-23-24-25-26-27-28-29-30-31-32-33-34-35-36-37-39-40-42-45-48-51-54-60(63)66-57-58(56-65-59(62)53-50-47-44-15-12-9-6-3)67-61(64)55-52-49-46-43-41-38-21-19-17-14-11-8-5-2/h7,10,16,18,22-23,25-26,28-29,31-32,34-35,37,39,42,45,58H,4-6,8-9,11-15,17,19-21,24,27,30,33,36,38,40-41,43-44,46-57H2,1-3H3/b10-7-,18-16-,23-22-,26-25-,29-28-,32-31-,35-34-,39-37-,45-42-. The molecule has 6 nitrogen and oxygen atoms in total. The number of ether oxygens (including phenoxy) is 3. The van der Waals surface area contributed by atoms with Crippen LogP contribution in [0.5, 0.6) is 0 Å². The SMILES string of the molecule is CC/C=C\C/C=C\C/C=C\C/C=C\C/C=C\C/C=C\C/C=C\C/C=C\C/C=C\CCCC(=O)OCC(COC(=O)CCCCCCCCC)OC(=O)CCCCCCCCCCCCCCC. The van der Waals surface area contributed by atoms with Crippen LogP contribution in [0.15, 0.2) is 109 Å². The molecule has 6 heteroatoms. The third-order valence-electron chi connectivity index (χ3n) is 11.3. The van der Waals surface area contributed by atoms with E-state index in [0.717, 1.165) is 103 Å². The van der Waals surface area contributed by atoms with Crippen LogP contribution in [0, 0.1) is 0 Å². The molecule has 0 heterocycles. The number of unbranched alkanes of at least 4 members (excludes halogenated alkanes) is 19. The first-order valence-corrected chi connectivity index (χ1v) is 27.4. The highest BCUT2D eigenvalue weighted by atomic mass is 16.6.